The number of unbranched alkanes of at least 4 members (excludes halogenated alkanes) is 1. The van der Waals surface area contributed by atoms with Crippen molar-refractivity contribution in [3.05, 3.63) is 144 Å². The predicted octanol–water partition coefficient (Wildman–Crippen LogP) is 6.59. The topological polar surface area (TPSA) is 60.0 Å². The van der Waals surface area contributed by atoms with Crippen molar-refractivity contribution in [1.29, 1.82) is 0 Å². The summed E-state index contributed by atoms with van der Waals surface area (Å²) in [4.78, 5) is 15.0. The number of hydrogen-bond donors (Lipinski definition) is 1. The van der Waals surface area contributed by atoms with Crippen LogP contribution in [0.5, 0.6) is 0 Å². The van der Waals surface area contributed by atoms with Crippen molar-refractivity contribution in [2.45, 2.75) is 70.3 Å². The van der Waals surface area contributed by atoms with Crippen molar-refractivity contribution >= 4 is 5.91 Å². The minimum absolute atomic E-state index is 0.0556. The van der Waals surface area contributed by atoms with Gasteiger partial charge in [0.1, 0.15) is 12.2 Å². The molecule has 1 saturated heterocycles. The van der Waals surface area contributed by atoms with Gasteiger partial charge in [0.2, 0.25) is 5.91 Å². The van der Waals surface area contributed by atoms with Gasteiger partial charge in [0.05, 0.1) is 38.5 Å². The van der Waals surface area contributed by atoms with E-state index in [2.05, 4.69) is 76.9 Å². The first-order valence-corrected chi connectivity index (χ1v) is 16.1. The van der Waals surface area contributed by atoms with E-state index >= 15 is 0 Å². The van der Waals surface area contributed by atoms with Crippen LogP contribution in [-0.4, -0.2) is 54.8 Å². The highest BCUT2D eigenvalue weighted by molar-refractivity contribution is 5.73. The number of likely N-dealkylation sites (tertiary alicyclic amines) is 1. The van der Waals surface area contributed by atoms with Gasteiger partial charge in [0, 0.05) is 13.5 Å². The summed E-state index contributed by atoms with van der Waals surface area (Å²) in [6.07, 6.45) is 2.45. The van der Waals surface area contributed by atoms with E-state index in [0.717, 1.165) is 42.5 Å². The summed E-state index contributed by atoms with van der Waals surface area (Å²) in [5.74, 6) is -0.0714. The molecule has 0 radical (unpaired) electrons. The number of carbonyl (C=O) groups excluding carboxylic acids is 1. The van der Waals surface area contributed by atoms with Crippen LogP contribution in [0.25, 0.3) is 0 Å². The third-order valence-electron chi connectivity index (χ3n) is 8.36. The van der Waals surface area contributed by atoms with Gasteiger partial charge < -0.3 is 19.5 Å². The van der Waals surface area contributed by atoms with E-state index in [1.807, 2.05) is 54.6 Å². The van der Waals surface area contributed by atoms with Gasteiger partial charge in [0.25, 0.3) is 0 Å². The SMILES string of the molecule is CC(=O)N[C@H]1CN(CCCCc2ccccc2)[C@H](COCc2ccccc2)[C@@H](OCc2ccccc2)[C@@H]1OCc1ccccc1. The number of piperidine rings is 1. The highest BCUT2D eigenvalue weighted by Crippen LogP contribution is 2.28. The Hall–Kier alpha value is -3.81. The minimum atomic E-state index is -0.358. The Labute approximate surface area is 268 Å². The molecule has 0 unspecified atom stereocenters. The molecule has 4 atom stereocenters. The molecule has 1 aliphatic heterocycles. The van der Waals surface area contributed by atoms with E-state index in [1.165, 1.54) is 5.56 Å². The van der Waals surface area contributed by atoms with Crippen molar-refractivity contribution in [1.82, 2.24) is 10.2 Å². The summed E-state index contributed by atoms with van der Waals surface area (Å²) in [7, 11) is 0. The van der Waals surface area contributed by atoms with Gasteiger partial charge in [-0.2, -0.15) is 0 Å². The second-order valence-corrected chi connectivity index (χ2v) is 11.8. The van der Waals surface area contributed by atoms with Crippen LogP contribution in [0.2, 0.25) is 0 Å². The van der Waals surface area contributed by atoms with Gasteiger partial charge >= 0.3 is 0 Å². The lowest BCUT2D eigenvalue weighted by atomic mass is 9.91. The molecule has 4 aromatic carbocycles. The Morgan fingerprint density at radius 1 is 0.667 bits per heavy atom. The summed E-state index contributed by atoms with van der Waals surface area (Å²) in [5, 5.41) is 3.22. The fraction of sp³-hybridized carbons (Fsp3) is 0.359. The maximum Gasteiger partial charge on any atom is 0.217 e. The van der Waals surface area contributed by atoms with Crippen molar-refractivity contribution in [2.24, 2.45) is 0 Å². The normalized spacial score (nSPS) is 20.1. The third-order valence-corrected chi connectivity index (χ3v) is 8.36. The number of nitrogens with zero attached hydrogens (tertiary/aromatic N) is 1. The first-order chi connectivity index (χ1) is 22.2. The number of amides is 1. The molecule has 6 nitrogen and oxygen atoms in total. The molecule has 6 heteroatoms. The number of aryl methyl sites for hydroxylation is 1. The van der Waals surface area contributed by atoms with E-state index < -0.39 is 0 Å². The molecule has 1 N–H and O–H groups in total. The molecule has 45 heavy (non-hydrogen) atoms. The Kier molecular flexibility index (Phi) is 12.8. The molecule has 1 heterocycles. The average molecular weight is 607 g/mol. The molecular formula is C39H46N2O4. The average Bonchev–Trinajstić information content (AvgIpc) is 3.07. The van der Waals surface area contributed by atoms with E-state index in [4.69, 9.17) is 14.2 Å². The maximum atomic E-state index is 12.5. The molecule has 0 aliphatic carbocycles. The number of carbonyl (C=O) groups is 1. The fourth-order valence-corrected chi connectivity index (χ4v) is 6.10. The lowest BCUT2D eigenvalue weighted by Crippen LogP contribution is -2.67. The lowest BCUT2D eigenvalue weighted by molar-refractivity contribution is -0.170. The van der Waals surface area contributed by atoms with Crippen LogP contribution in [0.1, 0.15) is 42.0 Å². The van der Waals surface area contributed by atoms with Gasteiger partial charge in [-0.1, -0.05) is 121 Å². The maximum absolute atomic E-state index is 12.5. The van der Waals surface area contributed by atoms with E-state index in [1.54, 1.807) is 6.92 Å². The van der Waals surface area contributed by atoms with Crippen molar-refractivity contribution in [3.63, 3.8) is 0 Å². The van der Waals surface area contributed by atoms with Crippen molar-refractivity contribution < 1.29 is 19.0 Å². The molecule has 1 aliphatic rings. The Morgan fingerprint density at radius 2 is 1.16 bits per heavy atom. The highest BCUT2D eigenvalue weighted by Gasteiger charge is 2.45. The second kappa shape index (κ2) is 17.6. The fourth-order valence-electron chi connectivity index (χ4n) is 6.10. The number of ether oxygens (including phenoxy) is 3. The smallest absolute Gasteiger partial charge is 0.217 e. The lowest BCUT2D eigenvalue weighted by Gasteiger charge is -2.49. The zero-order valence-corrected chi connectivity index (χ0v) is 26.3. The van der Waals surface area contributed by atoms with Gasteiger partial charge in [-0.05, 0) is 48.1 Å². The van der Waals surface area contributed by atoms with E-state index in [0.29, 0.717) is 33.0 Å². The molecule has 0 bridgehead atoms. The molecule has 5 rings (SSSR count). The summed E-state index contributed by atoms with van der Waals surface area (Å²) in [6.45, 7) is 5.00. The minimum Gasteiger partial charge on any atom is -0.375 e. The number of rotatable bonds is 16. The highest BCUT2D eigenvalue weighted by atomic mass is 16.5. The molecule has 236 valence electrons. The monoisotopic (exact) mass is 606 g/mol. The largest absolute Gasteiger partial charge is 0.375 e. The van der Waals surface area contributed by atoms with Gasteiger partial charge in [0.15, 0.2) is 0 Å². The second-order valence-electron chi connectivity index (χ2n) is 11.8. The Morgan fingerprint density at radius 3 is 1.69 bits per heavy atom. The van der Waals surface area contributed by atoms with Crippen LogP contribution in [0.3, 0.4) is 0 Å². The zero-order valence-electron chi connectivity index (χ0n) is 26.3. The predicted molar refractivity (Wildman–Crippen MR) is 178 cm³/mol. The van der Waals surface area contributed by atoms with Crippen molar-refractivity contribution in [2.75, 3.05) is 19.7 Å². The Balaban J connectivity index is 1.38. The Bertz CT molecular complexity index is 1390. The first-order valence-electron chi connectivity index (χ1n) is 16.1. The van der Waals surface area contributed by atoms with Crippen LogP contribution in [0.4, 0.5) is 0 Å². The molecule has 4 aromatic rings. The number of nitrogens with one attached hydrogen (secondary N) is 1. The molecule has 0 aromatic heterocycles. The number of hydrogen-bond acceptors (Lipinski definition) is 5. The van der Waals surface area contributed by atoms with Crippen LogP contribution in [-0.2, 0) is 45.2 Å². The van der Waals surface area contributed by atoms with Crippen molar-refractivity contribution in [3.8, 4) is 0 Å². The van der Waals surface area contributed by atoms with E-state index in [-0.39, 0.29) is 30.2 Å². The summed E-state index contributed by atoms with van der Waals surface area (Å²) >= 11 is 0. The molecular weight excluding hydrogens is 560 g/mol. The quantitative estimate of drug-likeness (QED) is 0.146. The van der Waals surface area contributed by atoms with Crippen LogP contribution >= 0.6 is 0 Å². The zero-order chi connectivity index (χ0) is 31.1. The molecule has 1 amide bonds. The van der Waals surface area contributed by atoms with Crippen LogP contribution in [0, 0.1) is 0 Å². The van der Waals surface area contributed by atoms with Gasteiger partial charge in [-0.25, -0.2) is 0 Å². The summed E-state index contributed by atoms with van der Waals surface area (Å²) < 4.78 is 19.9. The van der Waals surface area contributed by atoms with Gasteiger partial charge in [-0.15, -0.1) is 0 Å². The first kappa shape index (κ1) is 32.6. The van der Waals surface area contributed by atoms with Gasteiger partial charge in [-0.3, -0.25) is 9.69 Å². The molecule has 0 spiro atoms. The van der Waals surface area contributed by atoms with Crippen LogP contribution < -0.4 is 5.32 Å². The summed E-state index contributed by atoms with van der Waals surface area (Å²) in [5.41, 5.74) is 4.67. The third kappa shape index (κ3) is 10.4. The molecule has 0 saturated carbocycles. The van der Waals surface area contributed by atoms with Crippen LogP contribution in [0.15, 0.2) is 121 Å². The standard InChI is InChI=1S/C39H46N2O4/c1-31(42)40-36-26-41(25-15-14-18-32-16-6-2-7-17-32)37(30-43-27-33-19-8-3-9-20-33)39(45-29-35-23-12-5-13-24-35)38(36)44-28-34-21-10-4-11-22-34/h2-13,16-17,19-24,36-39H,14-15,18,25-30H2,1H3,(H,40,42)/t36-,37+,38+,39+/m0/s1. The van der Waals surface area contributed by atoms with E-state index in [9.17, 15) is 4.79 Å². The summed E-state index contributed by atoms with van der Waals surface area (Å²) in [6, 6.07) is 41.0. The molecule has 1 fully saturated rings. The number of benzene rings is 4.